The summed E-state index contributed by atoms with van der Waals surface area (Å²) in [5.74, 6) is 0.0979. The summed E-state index contributed by atoms with van der Waals surface area (Å²) in [6, 6.07) is 1.74. The first kappa shape index (κ1) is 18.4. The van der Waals surface area contributed by atoms with Crippen molar-refractivity contribution in [3.05, 3.63) is 23.5 Å². The summed E-state index contributed by atoms with van der Waals surface area (Å²) in [5.41, 5.74) is 1.39. The van der Waals surface area contributed by atoms with Crippen LogP contribution in [-0.4, -0.2) is 16.9 Å². The second-order valence-corrected chi connectivity index (χ2v) is 6.45. The standard InChI is InChI=1S/C19H27NO4/c1-3-4-10-18(21)24-17-11-15(12-20-14(17)2)13-23-19(22)16-8-6-5-7-9-16/h11-12,16H,3-10,13H2,1-2H3. The molecule has 1 saturated carbocycles. The van der Waals surface area contributed by atoms with Crippen molar-refractivity contribution in [1.82, 2.24) is 4.98 Å². The van der Waals surface area contributed by atoms with E-state index in [4.69, 9.17) is 9.47 Å². The predicted molar refractivity (Wildman–Crippen MR) is 90.5 cm³/mol. The number of nitrogens with zero attached hydrogens (tertiary/aromatic N) is 1. The van der Waals surface area contributed by atoms with Crippen LogP contribution >= 0.6 is 0 Å². The summed E-state index contributed by atoms with van der Waals surface area (Å²) >= 11 is 0. The molecule has 0 N–H and O–H groups in total. The van der Waals surface area contributed by atoms with Gasteiger partial charge in [0.25, 0.3) is 0 Å². The van der Waals surface area contributed by atoms with Crippen molar-refractivity contribution >= 4 is 11.9 Å². The SMILES string of the molecule is CCCCC(=O)Oc1cc(COC(=O)C2CCCCC2)cnc1C. The van der Waals surface area contributed by atoms with Crippen molar-refractivity contribution in [3.8, 4) is 5.75 Å². The Kier molecular flexibility index (Phi) is 7.22. The fourth-order valence-corrected chi connectivity index (χ4v) is 2.84. The van der Waals surface area contributed by atoms with Crippen LogP contribution in [0.25, 0.3) is 0 Å². The highest BCUT2D eigenvalue weighted by Crippen LogP contribution is 2.25. The number of aromatic nitrogens is 1. The molecular formula is C19H27NO4. The van der Waals surface area contributed by atoms with Crippen molar-refractivity contribution in [2.45, 2.75) is 71.8 Å². The van der Waals surface area contributed by atoms with Crippen LogP contribution in [-0.2, 0) is 20.9 Å². The van der Waals surface area contributed by atoms with Crippen LogP contribution in [0.3, 0.4) is 0 Å². The lowest BCUT2D eigenvalue weighted by atomic mass is 9.89. The van der Waals surface area contributed by atoms with E-state index in [9.17, 15) is 9.59 Å². The first-order chi connectivity index (χ1) is 11.6. The number of unbranched alkanes of at least 4 members (excludes halogenated alkanes) is 1. The van der Waals surface area contributed by atoms with Crippen LogP contribution in [0, 0.1) is 12.8 Å². The third kappa shape index (κ3) is 5.62. The largest absolute Gasteiger partial charge is 0.461 e. The van der Waals surface area contributed by atoms with Crippen molar-refractivity contribution in [3.63, 3.8) is 0 Å². The second kappa shape index (κ2) is 9.40. The number of pyridine rings is 1. The van der Waals surface area contributed by atoms with Gasteiger partial charge in [0, 0.05) is 18.2 Å². The van der Waals surface area contributed by atoms with Gasteiger partial charge in [0.15, 0.2) is 5.75 Å². The monoisotopic (exact) mass is 333 g/mol. The van der Waals surface area contributed by atoms with E-state index in [0.29, 0.717) is 17.9 Å². The molecule has 1 heterocycles. The quantitative estimate of drug-likeness (QED) is 0.703. The first-order valence-electron chi connectivity index (χ1n) is 8.93. The molecule has 0 amide bonds. The van der Waals surface area contributed by atoms with Crippen molar-refractivity contribution in [2.75, 3.05) is 0 Å². The van der Waals surface area contributed by atoms with Crippen LogP contribution in [0.15, 0.2) is 12.3 Å². The summed E-state index contributed by atoms with van der Waals surface area (Å²) in [6.45, 7) is 3.99. The molecule has 1 aromatic rings. The van der Waals surface area contributed by atoms with E-state index in [0.717, 1.165) is 44.1 Å². The van der Waals surface area contributed by atoms with E-state index in [1.807, 2.05) is 6.92 Å². The minimum Gasteiger partial charge on any atom is -0.461 e. The Morgan fingerprint density at radius 2 is 2.00 bits per heavy atom. The summed E-state index contributed by atoms with van der Waals surface area (Å²) < 4.78 is 10.8. The fourth-order valence-electron chi connectivity index (χ4n) is 2.84. The minimum atomic E-state index is -0.252. The van der Waals surface area contributed by atoms with Gasteiger partial charge in [0.05, 0.1) is 11.6 Å². The molecule has 0 atom stereocenters. The molecule has 1 aliphatic rings. The van der Waals surface area contributed by atoms with Gasteiger partial charge in [0.2, 0.25) is 0 Å². The Morgan fingerprint density at radius 3 is 2.71 bits per heavy atom. The molecule has 0 bridgehead atoms. The number of hydrogen-bond acceptors (Lipinski definition) is 5. The van der Waals surface area contributed by atoms with E-state index >= 15 is 0 Å². The second-order valence-electron chi connectivity index (χ2n) is 6.45. The lowest BCUT2D eigenvalue weighted by Crippen LogP contribution is -2.20. The molecule has 2 rings (SSSR count). The lowest BCUT2D eigenvalue weighted by molar-refractivity contribution is -0.151. The highest BCUT2D eigenvalue weighted by atomic mass is 16.5. The van der Waals surface area contributed by atoms with E-state index in [-0.39, 0.29) is 24.5 Å². The first-order valence-corrected chi connectivity index (χ1v) is 8.93. The third-order valence-electron chi connectivity index (χ3n) is 4.37. The molecule has 5 nitrogen and oxygen atoms in total. The third-order valence-corrected chi connectivity index (χ3v) is 4.37. The normalized spacial score (nSPS) is 15.1. The van der Waals surface area contributed by atoms with Gasteiger partial charge in [-0.3, -0.25) is 14.6 Å². The number of rotatable bonds is 7. The molecule has 1 aromatic heterocycles. The molecule has 0 spiro atoms. The summed E-state index contributed by atoms with van der Waals surface area (Å²) in [6.07, 6.45) is 9.07. The van der Waals surface area contributed by atoms with Gasteiger partial charge in [0.1, 0.15) is 6.61 Å². The van der Waals surface area contributed by atoms with E-state index in [2.05, 4.69) is 4.98 Å². The molecule has 132 valence electrons. The lowest BCUT2D eigenvalue weighted by Gasteiger charge is -2.20. The fraction of sp³-hybridized carbons (Fsp3) is 0.632. The van der Waals surface area contributed by atoms with Crippen molar-refractivity contribution in [2.24, 2.45) is 5.92 Å². The number of aryl methyl sites for hydroxylation is 1. The molecule has 0 aromatic carbocycles. The topological polar surface area (TPSA) is 65.5 Å². The zero-order chi connectivity index (χ0) is 17.4. The molecule has 1 fully saturated rings. The average Bonchev–Trinajstić information content (AvgIpc) is 2.61. The van der Waals surface area contributed by atoms with Crippen molar-refractivity contribution in [1.29, 1.82) is 0 Å². The molecule has 0 saturated heterocycles. The van der Waals surface area contributed by atoms with Gasteiger partial charge in [-0.25, -0.2) is 0 Å². The Morgan fingerprint density at radius 1 is 1.25 bits per heavy atom. The van der Waals surface area contributed by atoms with Crippen LogP contribution < -0.4 is 4.74 Å². The highest BCUT2D eigenvalue weighted by molar-refractivity contribution is 5.73. The molecule has 0 radical (unpaired) electrons. The molecule has 0 aliphatic heterocycles. The van der Waals surface area contributed by atoms with E-state index in [1.165, 1.54) is 6.42 Å². The van der Waals surface area contributed by atoms with Gasteiger partial charge in [-0.05, 0) is 32.3 Å². The Hall–Kier alpha value is -1.91. The number of esters is 2. The van der Waals surface area contributed by atoms with Crippen LogP contribution in [0.4, 0.5) is 0 Å². The van der Waals surface area contributed by atoms with Gasteiger partial charge < -0.3 is 9.47 Å². The molecule has 24 heavy (non-hydrogen) atoms. The molecule has 0 unspecified atom stereocenters. The van der Waals surface area contributed by atoms with Crippen LogP contribution in [0.5, 0.6) is 5.75 Å². The van der Waals surface area contributed by atoms with Gasteiger partial charge in [-0.15, -0.1) is 0 Å². The number of carbonyl (C=O) groups is 2. The van der Waals surface area contributed by atoms with Crippen molar-refractivity contribution < 1.29 is 19.1 Å². The maximum absolute atomic E-state index is 12.1. The maximum Gasteiger partial charge on any atom is 0.311 e. The maximum atomic E-state index is 12.1. The summed E-state index contributed by atoms with van der Waals surface area (Å²) in [4.78, 5) is 28.1. The van der Waals surface area contributed by atoms with E-state index < -0.39 is 0 Å². The molecule has 5 heteroatoms. The molecule has 1 aliphatic carbocycles. The Bertz CT molecular complexity index is 564. The zero-order valence-corrected chi connectivity index (χ0v) is 14.7. The van der Waals surface area contributed by atoms with Crippen LogP contribution in [0.2, 0.25) is 0 Å². The number of hydrogen-bond donors (Lipinski definition) is 0. The van der Waals surface area contributed by atoms with E-state index in [1.54, 1.807) is 19.2 Å². The summed E-state index contributed by atoms with van der Waals surface area (Å²) in [5, 5.41) is 0. The number of ether oxygens (including phenoxy) is 2. The Balaban J connectivity index is 1.89. The smallest absolute Gasteiger partial charge is 0.311 e. The average molecular weight is 333 g/mol. The van der Waals surface area contributed by atoms with Crippen LogP contribution in [0.1, 0.15) is 69.5 Å². The predicted octanol–water partition coefficient (Wildman–Crippen LogP) is 4.11. The zero-order valence-electron chi connectivity index (χ0n) is 14.7. The Labute approximate surface area is 143 Å². The van der Waals surface area contributed by atoms with Gasteiger partial charge in [-0.1, -0.05) is 32.6 Å². The van der Waals surface area contributed by atoms with Gasteiger partial charge >= 0.3 is 11.9 Å². The summed E-state index contributed by atoms with van der Waals surface area (Å²) in [7, 11) is 0. The highest BCUT2D eigenvalue weighted by Gasteiger charge is 2.22. The minimum absolute atomic E-state index is 0.0310. The van der Waals surface area contributed by atoms with Gasteiger partial charge in [-0.2, -0.15) is 0 Å². The molecular weight excluding hydrogens is 306 g/mol. The number of carbonyl (C=O) groups excluding carboxylic acids is 2.